The molecule has 2 aromatic carbocycles. The number of hydrogen-bond donors (Lipinski definition) is 2. The molecule has 0 unspecified atom stereocenters. The number of carbonyl (C=O) groups is 2. The Balaban J connectivity index is 1.33. The topological polar surface area (TPSA) is 123 Å². The number of hydrogen-bond acceptors (Lipinski definition) is 7. The second-order valence-electron chi connectivity index (χ2n) is 7.79. The Hall–Kier alpha value is -3.02. The number of amides is 2. The number of sulfonamides is 1. The van der Waals surface area contributed by atoms with Gasteiger partial charge in [-0.15, -0.1) is 0 Å². The first kappa shape index (κ1) is 21.8. The van der Waals surface area contributed by atoms with Crippen LogP contribution in [0.2, 0.25) is 5.02 Å². The molecular formula is C21H20ClN3O7S. The van der Waals surface area contributed by atoms with Crippen LogP contribution in [-0.2, 0) is 26.2 Å². The lowest BCUT2D eigenvalue weighted by atomic mass is 10.2. The van der Waals surface area contributed by atoms with E-state index >= 15 is 0 Å². The van der Waals surface area contributed by atoms with Gasteiger partial charge in [-0.25, -0.2) is 8.42 Å². The van der Waals surface area contributed by atoms with Crippen molar-refractivity contribution in [3.8, 4) is 17.2 Å². The third-order valence-electron chi connectivity index (χ3n) is 5.66. The van der Waals surface area contributed by atoms with Gasteiger partial charge in [0, 0.05) is 19.2 Å². The molecule has 2 N–H and O–H groups in total. The van der Waals surface area contributed by atoms with E-state index in [1.807, 2.05) is 6.07 Å². The zero-order valence-electron chi connectivity index (χ0n) is 17.3. The Labute approximate surface area is 194 Å². The minimum absolute atomic E-state index is 0.0639. The molecule has 2 aromatic rings. The van der Waals surface area contributed by atoms with E-state index < -0.39 is 22.0 Å². The fraction of sp³-hybridized carbons (Fsp3) is 0.333. The van der Waals surface area contributed by atoms with Gasteiger partial charge in [0.1, 0.15) is 16.7 Å². The van der Waals surface area contributed by atoms with Crippen LogP contribution in [-0.4, -0.2) is 50.5 Å². The SMILES string of the molecule is O=C1COc2cc(S(=O)(=O)N3CCC[C@@H]3C(=O)NCc3ccc4c(c3)OCO4)c(Cl)cc2N1. The van der Waals surface area contributed by atoms with Crippen molar-refractivity contribution in [3.05, 3.63) is 40.9 Å². The smallest absolute Gasteiger partial charge is 0.262 e. The molecule has 174 valence electrons. The lowest BCUT2D eigenvalue weighted by Crippen LogP contribution is -2.45. The van der Waals surface area contributed by atoms with Crippen LogP contribution < -0.4 is 24.8 Å². The molecule has 1 saturated heterocycles. The monoisotopic (exact) mass is 493 g/mol. The average Bonchev–Trinajstić information content (AvgIpc) is 3.46. The van der Waals surface area contributed by atoms with Crippen LogP contribution in [0.5, 0.6) is 17.2 Å². The highest BCUT2D eigenvalue weighted by molar-refractivity contribution is 7.89. The van der Waals surface area contributed by atoms with Crippen LogP contribution >= 0.6 is 11.6 Å². The summed E-state index contributed by atoms with van der Waals surface area (Å²) < 4.78 is 43.9. The maximum Gasteiger partial charge on any atom is 0.262 e. The van der Waals surface area contributed by atoms with E-state index in [1.165, 1.54) is 12.1 Å². The van der Waals surface area contributed by atoms with Gasteiger partial charge >= 0.3 is 0 Å². The standard InChI is InChI=1S/C21H20ClN3O7S/c22-13-7-14-17(30-10-20(26)24-14)8-19(13)33(28,29)25-5-1-2-15(25)21(27)23-9-12-3-4-16-18(6-12)32-11-31-16/h3-4,6-8,15H,1-2,5,9-11H2,(H,23,27)(H,24,26)/t15-/m1/s1. The van der Waals surface area contributed by atoms with Crippen LogP contribution in [0.15, 0.2) is 35.2 Å². The van der Waals surface area contributed by atoms with Crippen molar-refractivity contribution in [2.24, 2.45) is 0 Å². The lowest BCUT2D eigenvalue weighted by Gasteiger charge is -2.25. The summed E-state index contributed by atoms with van der Waals surface area (Å²) in [6, 6.07) is 7.10. The van der Waals surface area contributed by atoms with E-state index in [0.717, 1.165) is 9.87 Å². The molecule has 33 heavy (non-hydrogen) atoms. The summed E-state index contributed by atoms with van der Waals surface area (Å²) in [4.78, 5) is 24.2. The Morgan fingerprint density at radius 2 is 1.97 bits per heavy atom. The second kappa shape index (κ2) is 8.40. The molecule has 0 bridgehead atoms. The molecule has 3 aliphatic heterocycles. The largest absolute Gasteiger partial charge is 0.482 e. The number of rotatable bonds is 5. The van der Waals surface area contributed by atoms with E-state index in [1.54, 1.807) is 12.1 Å². The summed E-state index contributed by atoms with van der Waals surface area (Å²) in [5.41, 5.74) is 1.10. The van der Waals surface area contributed by atoms with Crippen molar-refractivity contribution >= 4 is 39.1 Å². The Morgan fingerprint density at radius 3 is 2.82 bits per heavy atom. The number of benzene rings is 2. The van der Waals surface area contributed by atoms with Crippen molar-refractivity contribution < 1.29 is 32.2 Å². The molecule has 3 heterocycles. The summed E-state index contributed by atoms with van der Waals surface area (Å²) >= 11 is 6.25. The fourth-order valence-corrected chi connectivity index (χ4v) is 6.23. The molecule has 0 aromatic heterocycles. The highest BCUT2D eigenvalue weighted by atomic mass is 35.5. The molecule has 0 saturated carbocycles. The third kappa shape index (κ3) is 4.07. The van der Waals surface area contributed by atoms with Gasteiger partial charge in [0.25, 0.3) is 5.91 Å². The van der Waals surface area contributed by atoms with E-state index in [9.17, 15) is 18.0 Å². The maximum absolute atomic E-state index is 13.4. The number of ether oxygens (including phenoxy) is 3. The maximum atomic E-state index is 13.4. The zero-order valence-corrected chi connectivity index (χ0v) is 18.9. The van der Waals surface area contributed by atoms with Crippen molar-refractivity contribution in [2.45, 2.75) is 30.3 Å². The van der Waals surface area contributed by atoms with Crippen molar-refractivity contribution in [2.75, 3.05) is 25.3 Å². The summed E-state index contributed by atoms with van der Waals surface area (Å²) in [5.74, 6) is 0.704. The summed E-state index contributed by atoms with van der Waals surface area (Å²) in [5, 5.41) is 5.33. The van der Waals surface area contributed by atoms with Crippen molar-refractivity contribution in [1.82, 2.24) is 9.62 Å². The molecule has 1 atom stereocenters. The molecule has 10 nitrogen and oxygen atoms in total. The minimum atomic E-state index is -4.09. The van der Waals surface area contributed by atoms with Gasteiger partial charge in [0.05, 0.1) is 10.7 Å². The average molecular weight is 494 g/mol. The normalized spacial score (nSPS) is 19.5. The Bertz CT molecular complexity index is 1250. The predicted molar refractivity (Wildman–Crippen MR) is 117 cm³/mol. The fourth-order valence-electron chi connectivity index (χ4n) is 4.05. The number of nitrogens with zero attached hydrogens (tertiary/aromatic N) is 1. The van der Waals surface area contributed by atoms with Gasteiger partial charge in [-0.1, -0.05) is 17.7 Å². The van der Waals surface area contributed by atoms with Crippen molar-refractivity contribution in [1.29, 1.82) is 0 Å². The Morgan fingerprint density at radius 1 is 1.15 bits per heavy atom. The molecule has 0 radical (unpaired) electrons. The highest BCUT2D eigenvalue weighted by Gasteiger charge is 2.40. The molecule has 5 rings (SSSR count). The minimum Gasteiger partial charge on any atom is -0.482 e. The van der Waals surface area contributed by atoms with Crippen LogP contribution in [0.1, 0.15) is 18.4 Å². The first-order valence-electron chi connectivity index (χ1n) is 10.3. The molecule has 12 heteroatoms. The summed E-state index contributed by atoms with van der Waals surface area (Å²) in [6.45, 7) is 0.341. The van der Waals surface area contributed by atoms with E-state index in [-0.39, 0.29) is 48.1 Å². The molecule has 2 amide bonds. The predicted octanol–water partition coefficient (Wildman–Crippen LogP) is 1.87. The number of halogens is 1. The van der Waals surface area contributed by atoms with Gasteiger partial charge < -0.3 is 24.8 Å². The van der Waals surface area contributed by atoms with Crippen LogP contribution in [0.3, 0.4) is 0 Å². The van der Waals surface area contributed by atoms with Crippen molar-refractivity contribution in [3.63, 3.8) is 0 Å². The zero-order chi connectivity index (χ0) is 23.2. The highest BCUT2D eigenvalue weighted by Crippen LogP contribution is 2.38. The molecule has 0 spiro atoms. The van der Waals surface area contributed by atoms with Crippen LogP contribution in [0.25, 0.3) is 0 Å². The molecule has 0 aliphatic carbocycles. The van der Waals surface area contributed by atoms with E-state index in [2.05, 4.69) is 10.6 Å². The van der Waals surface area contributed by atoms with E-state index in [0.29, 0.717) is 30.0 Å². The molecule has 3 aliphatic rings. The van der Waals surface area contributed by atoms with Gasteiger partial charge in [-0.05, 0) is 36.6 Å². The second-order valence-corrected chi connectivity index (χ2v) is 10.1. The first-order valence-corrected chi connectivity index (χ1v) is 12.1. The number of carbonyl (C=O) groups excluding carboxylic acids is 2. The number of nitrogens with one attached hydrogen (secondary N) is 2. The quantitative estimate of drug-likeness (QED) is 0.651. The van der Waals surface area contributed by atoms with Crippen LogP contribution in [0, 0.1) is 0 Å². The lowest BCUT2D eigenvalue weighted by molar-refractivity contribution is -0.124. The molecule has 1 fully saturated rings. The van der Waals surface area contributed by atoms with Gasteiger partial charge in [0.2, 0.25) is 22.7 Å². The van der Waals surface area contributed by atoms with E-state index in [4.69, 9.17) is 25.8 Å². The molecular weight excluding hydrogens is 474 g/mol. The van der Waals surface area contributed by atoms with Crippen LogP contribution in [0.4, 0.5) is 5.69 Å². The summed E-state index contributed by atoms with van der Waals surface area (Å²) in [6.07, 6.45) is 0.928. The van der Waals surface area contributed by atoms with Gasteiger partial charge in [0.15, 0.2) is 18.1 Å². The number of anilines is 1. The number of fused-ring (bicyclic) bond motifs is 2. The Kier molecular flexibility index (Phi) is 5.55. The van der Waals surface area contributed by atoms with Gasteiger partial charge in [-0.3, -0.25) is 9.59 Å². The van der Waals surface area contributed by atoms with Gasteiger partial charge in [-0.2, -0.15) is 4.31 Å². The summed E-state index contributed by atoms with van der Waals surface area (Å²) in [7, 11) is -4.09. The third-order valence-corrected chi connectivity index (χ3v) is 8.04. The first-order chi connectivity index (χ1) is 15.8.